The van der Waals surface area contributed by atoms with Crippen LogP contribution in [-0.2, 0) is 4.79 Å². The molecule has 0 bridgehead atoms. The number of halogens is 3. The highest BCUT2D eigenvalue weighted by Crippen LogP contribution is 2.31. The van der Waals surface area contributed by atoms with Gasteiger partial charge in [0, 0.05) is 5.69 Å². The number of carbonyl (C=O) groups is 3. The Morgan fingerprint density at radius 3 is 2.16 bits per heavy atom. The first-order valence-corrected chi connectivity index (χ1v) is 7.94. The second kappa shape index (κ2) is 6.46. The summed E-state index contributed by atoms with van der Waals surface area (Å²) in [5.41, 5.74) is 1.12. The first-order chi connectivity index (χ1) is 11.8. The number of rotatable bonds is 3. The minimum atomic E-state index is -0.621. The van der Waals surface area contributed by atoms with Crippen molar-refractivity contribution in [2.75, 3.05) is 11.9 Å². The fraction of sp³-hybridized carbons (Fsp3) is 0.118. The second-order valence-corrected chi connectivity index (χ2v) is 6.33. The summed E-state index contributed by atoms with van der Waals surface area (Å²) >= 11 is 11.7. The molecule has 0 atom stereocenters. The van der Waals surface area contributed by atoms with E-state index in [-0.39, 0.29) is 21.2 Å². The van der Waals surface area contributed by atoms with E-state index in [1.807, 2.05) is 0 Å². The summed E-state index contributed by atoms with van der Waals surface area (Å²) in [6, 6.07) is 6.49. The number of hydrogen-bond donors (Lipinski definition) is 1. The number of aryl methyl sites for hydroxylation is 1. The molecule has 0 saturated heterocycles. The zero-order chi connectivity index (χ0) is 18.3. The number of amides is 3. The lowest BCUT2D eigenvalue weighted by atomic mass is 10.1. The molecule has 1 N–H and O–H groups in total. The van der Waals surface area contributed by atoms with Gasteiger partial charge in [-0.05, 0) is 42.8 Å². The Labute approximate surface area is 152 Å². The van der Waals surface area contributed by atoms with Crippen LogP contribution in [0.25, 0.3) is 0 Å². The Morgan fingerprint density at radius 2 is 1.64 bits per heavy atom. The Hall–Kier alpha value is -2.44. The van der Waals surface area contributed by atoms with Crippen LogP contribution < -0.4 is 5.32 Å². The van der Waals surface area contributed by atoms with Gasteiger partial charge in [0.25, 0.3) is 11.8 Å². The van der Waals surface area contributed by atoms with E-state index < -0.39 is 30.1 Å². The fourth-order valence-corrected chi connectivity index (χ4v) is 2.86. The zero-order valence-electron chi connectivity index (χ0n) is 12.9. The average Bonchev–Trinajstić information content (AvgIpc) is 2.76. The normalized spacial score (nSPS) is 13.2. The summed E-state index contributed by atoms with van der Waals surface area (Å²) in [7, 11) is 0. The summed E-state index contributed by atoms with van der Waals surface area (Å²) in [5.74, 6) is -2.25. The molecule has 8 heteroatoms. The maximum Gasteiger partial charge on any atom is 0.262 e. The molecule has 1 aliphatic heterocycles. The number of carbonyl (C=O) groups excluding carboxylic acids is 3. The van der Waals surface area contributed by atoms with Crippen LogP contribution in [0.15, 0.2) is 30.3 Å². The lowest BCUT2D eigenvalue weighted by molar-refractivity contribution is -0.116. The molecule has 3 amide bonds. The molecule has 1 heterocycles. The highest BCUT2D eigenvalue weighted by atomic mass is 35.5. The van der Waals surface area contributed by atoms with Crippen molar-refractivity contribution in [1.82, 2.24) is 4.90 Å². The van der Waals surface area contributed by atoms with Crippen molar-refractivity contribution < 1.29 is 18.8 Å². The highest BCUT2D eigenvalue weighted by molar-refractivity contribution is 6.43. The molecule has 2 aromatic carbocycles. The molecule has 0 fully saturated rings. The van der Waals surface area contributed by atoms with Gasteiger partial charge in [0.15, 0.2) is 0 Å². The molecular weight excluding hydrogens is 370 g/mol. The molecular formula is C17H11Cl2FN2O3. The van der Waals surface area contributed by atoms with Gasteiger partial charge in [-0.3, -0.25) is 19.3 Å². The molecule has 0 radical (unpaired) electrons. The van der Waals surface area contributed by atoms with E-state index in [1.54, 1.807) is 6.92 Å². The van der Waals surface area contributed by atoms with Gasteiger partial charge in [0.1, 0.15) is 12.4 Å². The van der Waals surface area contributed by atoms with Crippen LogP contribution in [-0.4, -0.2) is 29.2 Å². The monoisotopic (exact) mass is 380 g/mol. The van der Waals surface area contributed by atoms with Gasteiger partial charge in [-0.25, -0.2) is 4.39 Å². The Bertz CT molecular complexity index is 889. The smallest absolute Gasteiger partial charge is 0.262 e. The number of imide groups is 1. The van der Waals surface area contributed by atoms with Crippen molar-refractivity contribution in [3.8, 4) is 0 Å². The predicted octanol–water partition coefficient (Wildman–Crippen LogP) is 3.68. The van der Waals surface area contributed by atoms with E-state index in [0.717, 1.165) is 4.90 Å². The minimum Gasteiger partial charge on any atom is -0.324 e. The fourth-order valence-electron chi connectivity index (χ4n) is 2.53. The van der Waals surface area contributed by atoms with Crippen LogP contribution >= 0.6 is 23.2 Å². The van der Waals surface area contributed by atoms with Crippen LogP contribution in [0.3, 0.4) is 0 Å². The summed E-state index contributed by atoms with van der Waals surface area (Å²) in [6.07, 6.45) is 0. The van der Waals surface area contributed by atoms with Crippen molar-refractivity contribution in [2.24, 2.45) is 0 Å². The quantitative estimate of drug-likeness (QED) is 0.825. The number of hydrogen-bond acceptors (Lipinski definition) is 3. The van der Waals surface area contributed by atoms with Gasteiger partial charge in [0.05, 0.1) is 21.2 Å². The van der Waals surface area contributed by atoms with Crippen LogP contribution in [0.4, 0.5) is 10.1 Å². The summed E-state index contributed by atoms with van der Waals surface area (Å²) in [6.45, 7) is 1.16. The van der Waals surface area contributed by atoms with E-state index in [0.29, 0.717) is 11.3 Å². The maximum absolute atomic E-state index is 13.1. The number of anilines is 1. The molecule has 0 aromatic heterocycles. The van der Waals surface area contributed by atoms with E-state index in [1.165, 1.54) is 30.3 Å². The van der Waals surface area contributed by atoms with Gasteiger partial charge in [0.2, 0.25) is 5.91 Å². The molecule has 0 unspecified atom stereocenters. The third-order valence-corrected chi connectivity index (χ3v) is 4.50. The number of benzene rings is 2. The summed E-state index contributed by atoms with van der Waals surface area (Å²) < 4.78 is 13.1. The molecule has 25 heavy (non-hydrogen) atoms. The topological polar surface area (TPSA) is 66.5 Å². The van der Waals surface area contributed by atoms with Crippen LogP contribution in [0.2, 0.25) is 10.0 Å². The number of nitrogens with zero attached hydrogens (tertiary/aromatic N) is 1. The molecule has 2 aromatic rings. The van der Waals surface area contributed by atoms with E-state index in [2.05, 4.69) is 5.32 Å². The van der Waals surface area contributed by atoms with Crippen LogP contribution in [0.5, 0.6) is 0 Å². The maximum atomic E-state index is 13.1. The summed E-state index contributed by atoms with van der Waals surface area (Å²) in [5, 5.41) is 2.85. The first-order valence-electron chi connectivity index (χ1n) is 7.19. The SMILES string of the molecule is Cc1cc(F)ccc1NC(=O)CN1C(=O)c2cc(Cl)c(Cl)cc2C1=O. The van der Waals surface area contributed by atoms with Gasteiger partial charge in [-0.15, -0.1) is 0 Å². The number of fused-ring (bicyclic) bond motifs is 1. The van der Waals surface area contributed by atoms with Crippen molar-refractivity contribution in [1.29, 1.82) is 0 Å². The minimum absolute atomic E-state index is 0.102. The van der Waals surface area contributed by atoms with E-state index in [9.17, 15) is 18.8 Å². The van der Waals surface area contributed by atoms with E-state index in [4.69, 9.17) is 23.2 Å². The van der Waals surface area contributed by atoms with E-state index >= 15 is 0 Å². The first kappa shape index (κ1) is 17.4. The van der Waals surface area contributed by atoms with Gasteiger partial charge < -0.3 is 5.32 Å². The van der Waals surface area contributed by atoms with Crippen LogP contribution in [0.1, 0.15) is 26.3 Å². The van der Waals surface area contributed by atoms with Crippen molar-refractivity contribution >= 4 is 46.6 Å². The lowest BCUT2D eigenvalue weighted by Crippen LogP contribution is -2.37. The lowest BCUT2D eigenvalue weighted by Gasteiger charge is -2.14. The molecule has 0 spiro atoms. The van der Waals surface area contributed by atoms with Crippen molar-refractivity contribution in [3.05, 3.63) is 62.9 Å². The zero-order valence-corrected chi connectivity index (χ0v) is 14.4. The number of nitrogens with one attached hydrogen (secondary N) is 1. The third-order valence-electron chi connectivity index (χ3n) is 3.78. The standard InChI is InChI=1S/C17H11Cl2FN2O3/c1-8-4-9(20)2-3-14(8)21-15(23)7-22-16(24)10-5-12(18)13(19)6-11(10)17(22)25/h2-6H,7H2,1H3,(H,21,23). The van der Waals surface area contributed by atoms with Gasteiger partial charge >= 0.3 is 0 Å². The Kier molecular flexibility index (Phi) is 4.49. The second-order valence-electron chi connectivity index (χ2n) is 5.52. The van der Waals surface area contributed by atoms with Gasteiger partial charge in [-0.2, -0.15) is 0 Å². The molecule has 5 nitrogen and oxygen atoms in total. The molecule has 3 rings (SSSR count). The molecule has 0 aliphatic carbocycles. The van der Waals surface area contributed by atoms with Crippen LogP contribution in [0, 0.1) is 12.7 Å². The van der Waals surface area contributed by atoms with Gasteiger partial charge in [-0.1, -0.05) is 23.2 Å². The highest BCUT2D eigenvalue weighted by Gasteiger charge is 2.37. The molecule has 0 saturated carbocycles. The predicted molar refractivity (Wildman–Crippen MR) is 91.6 cm³/mol. The summed E-state index contributed by atoms with van der Waals surface area (Å²) in [4.78, 5) is 37.7. The third kappa shape index (κ3) is 3.23. The van der Waals surface area contributed by atoms with Crippen molar-refractivity contribution in [2.45, 2.75) is 6.92 Å². The molecule has 128 valence electrons. The largest absolute Gasteiger partial charge is 0.324 e. The Balaban J connectivity index is 1.78. The van der Waals surface area contributed by atoms with Crippen molar-refractivity contribution in [3.63, 3.8) is 0 Å². The average molecular weight is 381 g/mol. The molecule has 1 aliphatic rings. The Morgan fingerprint density at radius 1 is 1.08 bits per heavy atom.